The lowest BCUT2D eigenvalue weighted by molar-refractivity contribution is 0.123. The molecule has 120 valence electrons. The van der Waals surface area contributed by atoms with Crippen LogP contribution in [0.4, 0.5) is 0 Å². The van der Waals surface area contributed by atoms with E-state index in [-0.39, 0.29) is 12.0 Å². The summed E-state index contributed by atoms with van der Waals surface area (Å²) in [7, 11) is 0. The molecule has 5 nitrogen and oxygen atoms in total. The molecule has 1 heterocycles. The highest BCUT2D eigenvalue weighted by Gasteiger charge is 2.24. The van der Waals surface area contributed by atoms with Crippen LogP contribution >= 0.6 is 0 Å². The van der Waals surface area contributed by atoms with E-state index in [1.165, 1.54) is 0 Å². The van der Waals surface area contributed by atoms with Gasteiger partial charge in [-0.15, -0.1) is 0 Å². The molecule has 0 amide bonds. The molecule has 0 saturated carbocycles. The number of aliphatic hydroxyl groups excluding tert-OH is 1. The van der Waals surface area contributed by atoms with Gasteiger partial charge >= 0.3 is 0 Å². The van der Waals surface area contributed by atoms with Gasteiger partial charge in [-0.1, -0.05) is 13.8 Å². The van der Waals surface area contributed by atoms with Gasteiger partial charge in [0.1, 0.15) is 0 Å². The van der Waals surface area contributed by atoms with Crippen LogP contribution in [0.3, 0.4) is 0 Å². The van der Waals surface area contributed by atoms with Crippen molar-refractivity contribution in [3.8, 4) is 0 Å². The van der Waals surface area contributed by atoms with E-state index in [4.69, 9.17) is 0 Å². The topological polar surface area (TPSA) is 61.6 Å². The lowest BCUT2D eigenvalue weighted by Gasteiger charge is -2.27. The molecule has 0 fully saturated rings. The Labute approximate surface area is 128 Å². The fourth-order valence-corrected chi connectivity index (χ4v) is 2.16. The number of aliphatic imine (C=N–C) groups is 1. The molecule has 0 spiro atoms. The summed E-state index contributed by atoms with van der Waals surface area (Å²) in [6, 6.07) is 4.05. The molecule has 0 bridgehead atoms. The SMILES string of the molecule is CCNC(=NCC(CC)(CC)CO)NCCn1cccc1. The third-order valence-electron chi connectivity index (χ3n) is 4.08. The lowest BCUT2D eigenvalue weighted by Crippen LogP contribution is -2.40. The van der Waals surface area contributed by atoms with Crippen molar-refractivity contribution in [2.45, 2.75) is 40.2 Å². The Morgan fingerprint density at radius 3 is 2.33 bits per heavy atom. The second kappa shape index (κ2) is 9.45. The number of hydrogen-bond donors (Lipinski definition) is 3. The molecule has 3 N–H and O–H groups in total. The van der Waals surface area contributed by atoms with Gasteiger partial charge < -0.3 is 20.3 Å². The Balaban J connectivity index is 2.52. The summed E-state index contributed by atoms with van der Waals surface area (Å²) in [4.78, 5) is 4.64. The highest BCUT2D eigenvalue weighted by Crippen LogP contribution is 2.25. The first-order valence-electron chi connectivity index (χ1n) is 7.93. The average Bonchev–Trinajstić information content (AvgIpc) is 3.02. The number of nitrogens with zero attached hydrogens (tertiary/aromatic N) is 2. The maximum atomic E-state index is 9.61. The summed E-state index contributed by atoms with van der Waals surface area (Å²) in [5.41, 5.74) is -0.0945. The molecule has 5 heteroatoms. The summed E-state index contributed by atoms with van der Waals surface area (Å²) in [6.45, 7) is 9.68. The second-order valence-electron chi connectivity index (χ2n) is 5.41. The first-order valence-corrected chi connectivity index (χ1v) is 7.93. The van der Waals surface area contributed by atoms with Crippen molar-refractivity contribution < 1.29 is 5.11 Å². The number of rotatable bonds is 9. The quantitative estimate of drug-likeness (QED) is 0.481. The highest BCUT2D eigenvalue weighted by molar-refractivity contribution is 5.79. The van der Waals surface area contributed by atoms with Gasteiger partial charge in [-0.05, 0) is 31.9 Å². The van der Waals surface area contributed by atoms with Gasteiger partial charge in [0.25, 0.3) is 0 Å². The van der Waals surface area contributed by atoms with Gasteiger partial charge in [0.05, 0.1) is 13.2 Å². The molecular weight excluding hydrogens is 264 g/mol. The second-order valence-corrected chi connectivity index (χ2v) is 5.41. The molecule has 1 rings (SSSR count). The predicted molar refractivity (Wildman–Crippen MR) is 88.5 cm³/mol. The van der Waals surface area contributed by atoms with Crippen LogP contribution in [-0.2, 0) is 6.54 Å². The number of aromatic nitrogens is 1. The Hall–Kier alpha value is -1.49. The third kappa shape index (κ3) is 5.79. The van der Waals surface area contributed by atoms with Crippen molar-refractivity contribution >= 4 is 5.96 Å². The monoisotopic (exact) mass is 294 g/mol. The van der Waals surface area contributed by atoms with E-state index in [1.807, 2.05) is 12.1 Å². The minimum absolute atomic E-state index is 0.0945. The van der Waals surface area contributed by atoms with Crippen LogP contribution in [0.2, 0.25) is 0 Å². The van der Waals surface area contributed by atoms with E-state index in [2.05, 4.69) is 53.4 Å². The van der Waals surface area contributed by atoms with Crippen molar-refractivity contribution in [1.29, 1.82) is 0 Å². The molecule has 21 heavy (non-hydrogen) atoms. The van der Waals surface area contributed by atoms with Crippen LogP contribution in [0.15, 0.2) is 29.5 Å². The van der Waals surface area contributed by atoms with E-state index in [9.17, 15) is 5.11 Å². The van der Waals surface area contributed by atoms with Crippen molar-refractivity contribution in [2.24, 2.45) is 10.4 Å². The van der Waals surface area contributed by atoms with Gasteiger partial charge in [-0.3, -0.25) is 4.99 Å². The van der Waals surface area contributed by atoms with Crippen LogP contribution in [-0.4, -0.2) is 41.9 Å². The van der Waals surface area contributed by atoms with Gasteiger partial charge in [0.15, 0.2) is 5.96 Å². The molecule has 0 radical (unpaired) electrons. The molecular formula is C16H30N4O. The molecule has 0 aromatic carbocycles. The Kier molecular flexibility index (Phi) is 7.90. The highest BCUT2D eigenvalue weighted by atomic mass is 16.3. The van der Waals surface area contributed by atoms with E-state index < -0.39 is 0 Å². The fourth-order valence-electron chi connectivity index (χ4n) is 2.16. The number of guanidine groups is 1. The van der Waals surface area contributed by atoms with Gasteiger partial charge in [0.2, 0.25) is 0 Å². The number of nitrogens with one attached hydrogen (secondary N) is 2. The standard InChI is InChI=1S/C16H30N4O/c1-4-16(5-2,14-21)13-19-15(17-6-3)18-9-12-20-10-7-8-11-20/h7-8,10-11,21H,4-6,9,12-14H2,1-3H3,(H2,17,18,19). The fraction of sp³-hybridized carbons (Fsp3) is 0.688. The molecule has 0 aliphatic carbocycles. The summed E-state index contributed by atoms with van der Waals surface area (Å²) < 4.78 is 2.13. The summed E-state index contributed by atoms with van der Waals surface area (Å²) in [5.74, 6) is 0.824. The normalized spacial score (nSPS) is 12.5. The third-order valence-corrected chi connectivity index (χ3v) is 4.08. The van der Waals surface area contributed by atoms with E-state index >= 15 is 0 Å². The summed E-state index contributed by atoms with van der Waals surface area (Å²) >= 11 is 0. The predicted octanol–water partition coefficient (Wildman–Crippen LogP) is 1.84. The van der Waals surface area contributed by atoms with Crippen LogP contribution < -0.4 is 10.6 Å². The first kappa shape index (κ1) is 17.6. The lowest BCUT2D eigenvalue weighted by atomic mass is 9.83. The zero-order chi connectivity index (χ0) is 15.6. The number of aliphatic hydroxyl groups is 1. The largest absolute Gasteiger partial charge is 0.396 e. The molecule has 0 aliphatic heterocycles. The van der Waals surface area contributed by atoms with Crippen LogP contribution in [0, 0.1) is 5.41 Å². The van der Waals surface area contributed by atoms with E-state index in [0.29, 0.717) is 6.54 Å². The molecule has 1 aromatic heterocycles. The minimum Gasteiger partial charge on any atom is -0.396 e. The first-order chi connectivity index (χ1) is 10.2. The van der Waals surface area contributed by atoms with Crippen LogP contribution in [0.1, 0.15) is 33.6 Å². The molecule has 0 atom stereocenters. The Morgan fingerprint density at radius 2 is 1.81 bits per heavy atom. The average molecular weight is 294 g/mol. The van der Waals surface area contributed by atoms with Gasteiger partial charge in [0, 0.05) is 37.4 Å². The number of hydrogen-bond acceptors (Lipinski definition) is 2. The molecule has 0 aliphatic rings. The van der Waals surface area contributed by atoms with Crippen molar-refractivity contribution in [3.05, 3.63) is 24.5 Å². The Morgan fingerprint density at radius 1 is 1.14 bits per heavy atom. The van der Waals surface area contributed by atoms with E-state index in [0.717, 1.165) is 38.4 Å². The minimum atomic E-state index is -0.0945. The summed E-state index contributed by atoms with van der Waals surface area (Å²) in [6.07, 6.45) is 5.98. The van der Waals surface area contributed by atoms with Crippen molar-refractivity contribution in [3.63, 3.8) is 0 Å². The smallest absolute Gasteiger partial charge is 0.191 e. The maximum Gasteiger partial charge on any atom is 0.191 e. The zero-order valence-electron chi connectivity index (χ0n) is 13.6. The van der Waals surface area contributed by atoms with Crippen LogP contribution in [0.5, 0.6) is 0 Å². The van der Waals surface area contributed by atoms with Gasteiger partial charge in [-0.25, -0.2) is 0 Å². The van der Waals surface area contributed by atoms with E-state index in [1.54, 1.807) is 0 Å². The Bertz CT molecular complexity index is 388. The zero-order valence-corrected chi connectivity index (χ0v) is 13.6. The molecule has 1 aromatic rings. The van der Waals surface area contributed by atoms with Crippen molar-refractivity contribution in [1.82, 2.24) is 15.2 Å². The van der Waals surface area contributed by atoms with Crippen LogP contribution in [0.25, 0.3) is 0 Å². The maximum absolute atomic E-state index is 9.61. The molecule has 0 unspecified atom stereocenters. The molecule has 0 saturated heterocycles. The summed E-state index contributed by atoms with van der Waals surface area (Å²) in [5, 5.41) is 16.2. The van der Waals surface area contributed by atoms with Gasteiger partial charge in [-0.2, -0.15) is 0 Å². The van der Waals surface area contributed by atoms with Crippen molar-refractivity contribution in [2.75, 3.05) is 26.2 Å².